The van der Waals surface area contributed by atoms with Gasteiger partial charge < -0.3 is 10.2 Å². The van der Waals surface area contributed by atoms with E-state index in [0.29, 0.717) is 23.7 Å². The van der Waals surface area contributed by atoms with Crippen molar-refractivity contribution in [1.29, 1.82) is 0 Å². The van der Waals surface area contributed by atoms with E-state index in [1.54, 1.807) is 22.9 Å². The van der Waals surface area contributed by atoms with Crippen LogP contribution in [0.4, 0.5) is 10.2 Å². The molecule has 0 spiro atoms. The van der Waals surface area contributed by atoms with Gasteiger partial charge in [-0.3, -0.25) is 9.59 Å². The predicted octanol–water partition coefficient (Wildman–Crippen LogP) is 5.26. The topological polar surface area (TPSA) is 67.2 Å². The standard InChI is InChI=1S/C27H25FN4O2S/c1-2-31(27(34)19-35-23-11-7-4-8-12-23)18-26(33)29-25-17-24(20-9-5-3-6-10-20)30-32(25)22-15-13-21(28)14-16-22/h3-17H,2,18-19H2,1H3,(H,29,33). The molecule has 0 atom stereocenters. The van der Waals surface area contributed by atoms with Gasteiger partial charge in [0.1, 0.15) is 11.6 Å². The first kappa shape index (κ1) is 24.2. The van der Waals surface area contributed by atoms with Gasteiger partial charge in [0.2, 0.25) is 11.8 Å². The van der Waals surface area contributed by atoms with Gasteiger partial charge in [-0.1, -0.05) is 48.5 Å². The zero-order valence-electron chi connectivity index (χ0n) is 19.2. The fraction of sp³-hybridized carbons (Fsp3) is 0.148. The maximum atomic E-state index is 13.5. The highest BCUT2D eigenvalue weighted by Crippen LogP contribution is 2.25. The molecule has 0 saturated heterocycles. The van der Waals surface area contributed by atoms with Crippen LogP contribution in [-0.4, -0.2) is 45.3 Å². The summed E-state index contributed by atoms with van der Waals surface area (Å²) in [6, 6.07) is 26.9. The van der Waals surface area contributed by atoms with Crippen molar-refractivity contribution < 1.29 is 14.0 Å². The van der Waals surface area contributed by atoms with Crippen molar-refractivity contribution >= 4 is 29.4 Å². The largest absolute Gasteiger partial charge is 0.333 e. The number of aromatic nitrogens is 2. The lowest BCUT2D eigenvalue weighted by atomic mass is 10.1. The first-order chi connectivity index (χ1) is 17.0. The van der Waals surface area contributed by atoms with E-state index in [0.717, 1.165) is 10.5 Å². The number of halogens is 1. The summed E-state index contributed by atoms with van der Waals surface area (Å²) in [5.41, 5.74) is 2.15. The summed E-state index contributed by atoms with van der Waals surface area (Å²) in [7, 11) is 0. The molecule has 3 aromatic carbocycles. The Morgan fingerprint density at radius 2 is 1.63 bits per heavy atom. The minimum absolute atomic E-state index is 0.0834. The van der Waals surface area contributed by atoms with Crippen LogP contribution >= 0.6 is 11.8 Å². The average Bonchev–Trinajstić information content (AvgIpc) is 3.31. The number of hydrogen-bond acceptors (Lipinski definition) is 4. The monoisotopic (exact) mass is 488 g/mol. The summed E-state index contributed by atoms with van der Waals surface area (Å²) < 4.78 is 15.0. The van der Waals surface area contributed by atoms with E-state index in [4.69, 9.17) is 0 Å². The number of carbonyl (C=O) groups is 2. The number of thioether (sulfide) groups is 1. The highest BCUT2D eigenvalue weighted by Gasteiger charge is 2.19. The number of nitrogens with one attached hydrogen (secondary N) is 1. The van der Waals surface area contributed by atoms with Crippen molar-refractivity contribution in [2.75, 3.05) is 24.2 Å². The van der Waals surface area contributed by atoms with Crippen LogP contribution < -0.4 is 5.32 Å². The molecule has 1 N–H and O–H groups in total. The third-order valence-corrected chi connectivity index (χ3v) is 6.29. The molecule has 0 radical (unpaired) electrons. The Morgan fingerprint density at radius 1 is 0.971 bits per heavy atom. The van der Waals surface area contributed by atoms with Crippen LogP contribution in [-0.2, 0) is 9.59 Å². The summed E-state index contributed by atoms with van der Waals surface area (Å²) in [4.78, 5) is 28.2. The third-order valence-electron chi connectivity index (χ3n) is 5.29. The molecule has 6 nitrogen and oxygen atoms in total. The molecule has 0 aliphatic heterocycles. The number of likely N-dealkylation sites (N-methyl/N-ethyl adjacent to an activating group) is 1. The van der Waals surface area contributed by atoms with Crippen molar-refractivity contribution in [1.82, 2.24) is 14.7 Å². The number of hydrogen-bond donors (Lipinski definition) is 1. The van der Waals surface area contributed by atoms with E-state index in [1.807, 2.05) is 67.6 Å². The quantitative estimate of drug-likeness (QED) is 0.327. The second-order valence-corrected chi connectivity index (χ2v) is 8.78. The Labute approximate surface area is 207 Å². The molecule has 4 aromatic rings. The van der Waals surface area contributed by atoms with Crippen LogP contribution in [0, 0.1) is 5.82 Å². The Morgan fingerprint density at radius 3 is 2.29 bits per heavy atom. The zero-order chi connectivity index (χ0) is 24.6. The molecular formula is C27H25FN4O2S. The Hall–Kier alpha value is -3.91. The van der Waals surface area contributed by atoms with Crippen molar-refractivity contribution in [3.8, 4) is 16.9 Å². The van der Waals surface area contributed by atoms with Crippen molar-refractivity contribution in [3.05, 3.63) is 96.8 Å². The highest BCUT2D eigenvalue weighted by atomic mass is 32.2. The van der Waals surface area contributed by atoms with Crippen LogP contribution in [0.15, 0.2) is 95.9 Å². The van der Waals surface area contributed by atoms with Crippen LogP contribution in [0.5, 0.6) is 0 Å². The molecule has 0 aliphatic rings. The van der Waals surface area contributed by atoms with Gasteiger partial charge in [0.15, 0.2) is 0 Å². The second kappa shape index (κ2) is 11.5. The summed E-state index contributed by atoms with van der Waals surface area (Å²) in [6.45, 7) is 2.17. The van der Waals surface area contributed by atoms with Gasteiger partial charge in [-0.05, 0) is 43.3 Å². The van der Waals surface area contributed by atoms with Crippen molar-refractivity contribution in [3.63, 3.8) is 0 Å². The average molecular weight is 489 g/mol. The molecule has 178 valence electrons. The maximum Gasteiger partial charge on any atom is 0.245 e. The highest BCUT2D eigenvalue weighted by molar-refractivity contribution is 8.00. The van der Waals surface area contributed by atoms with Crippen LogP contribution in [0.2, 0.25) is 0 Å². The van der Waals surface area contributed by atoms with Gasteiger partial charge in [-0.2, -0.15) is 5.10 Å². The van der Waals surface area contributed by atoms with Gasteiger partial charge in [0.05, 0.1) is 23.7 Å². The minimum atomic E-state index is -0.361. The molecule has 1 heterocycles. The zero-order valence-corrected chi connectivity index (χ0v) is 20.0. The first-order valence-corrected chi connectivity index (χ1v) is 12.2. The second-order valence-electron chi connectivity index (χ2n) is 7.73. The third kappa shape index (κ3) is 6.36. The molecule has 0 bridgehead atoms. The predicted molar refractivity (Wildman–Crippen MR) is 137 cm³/mol. The molecule has 1 aromatic heterocycles. The van der Waals surface area contributed by atoms with Crippen molar-refractivity contribution in [2.45, 2.75) is 11.8 Å². The SMILES string of the molecule is CCN(CC(=O)Nc1cc(-c2ccccc2)nn1-c1ccc(F)cc1)C(=O)CSc1ccccc1. The normalized spacial score (nSPS) is 10.7. The van der Waals surface area contributed by atoms with E-state index in [-0.39, 0.29) is 29.9 Å². The summed E-state index contributed by atoms with van der Waals surface area (Å²) in [6.07, 6.45) is 0. The van der Waals surface area contributed by atoms with E-state index in [9.17, 15) is 14.0 Å². The Kier molecular flexibility index (Phi) is 7.95. The maximum absolute atomic E-state index is 13.5. The number of carbonyl (C=O) groups excluding carboxylic acids is 2. The van der Waals surface area contributed by atoms with Gasteiger partial charge >= 0.3 is 0 Å². The molecule has 0 fully saturated rings. The first-order valence-electron chi connectivity index (χ1n) is 11.2. The molecule has 4 rings (SSSR count). The fourth-order valence-corrected chi connectivity index (χ4v) is 4.31. The number of anilines is 1. The van der Waals surface area contributed by atoms with E-state index in [2.05, 4.69) is 10.4 Å². The van der Waals surface area contributed by atoms with Crippen LogP contribution in [0.25, 0.3) is 16.9 Å². The molecule has 0 saturated carbocycles. The Balaban J connectivity index is 1.49. The van der Waals surface area contributed by atoms with Gasteiger partial charge in [-0.25, -0.2) is 9.07 Å². The fourth-order valence-electron chi connectivity index (χ4n) is 3.48. The molecule has 35 heavy (non-hydrogen) atoms. The van der Waals surface area contributed by atoms with Crippen LogP contribution in [0.3, 0.4) is 0 Å². The molecule has 0 unspecified atom stereocenters. The number of amides is 2. The lowest BCUT2D eigenvalue weighted by molar-refractivity contribution is -0.132. The summed E-state index contributed by atoms with van der Waals surface area (Å²) >= 11 is 1.44. The lowest BCUT2D eigenvalue weighted by Crippen LogP contribution is -2.39. The number of rotatable bonds is 9. The number of benzene rings is 3. The minimum Gasteiger partial charge on any atom is -0.333 e. The van der Waals surface area contributed by atoms with Gasteiger partial charge in [-0.15, -0.1) is 11.8 Å². The van der Waals surface area contributed by atoms with Gasteiger partial charge in [0, 0.05) is 23.1 Å². The van der Waals surface area contributed by atoms with E-state index >= 15 is 0 Å². The van der Waals surface area contributed by atoms with E-state index < -0.39 is 0 Å². The molecule has 8 heteroatoms. The lowest BCUT2D eigenvalue weighted by Gasteiger charge is -2.20. The number of nitrogens with zero attached hydrogens (tertiary/aromatic N) is 3. The van der Waals surface area contributed by atoms with Crippen LogP contribution in [0.1, 0.15) is 6.92 Å². The van der Waals surface area contributed by atoms with Crippen molar-refractivity contribution in [2.24, 2.45) is 0 Å². The molecule has 0 aliphatic carbocycles. The molecule has 2 amide bonds. The summed E-state index contributed by atoms with van der Waals surface area (Å²) in [5, 5.41) is 7.50. The smallest absolute Gasteiger partial charge is 0.245 e. The van der Waals surface area contributed by atoms with Gasteiger partial charge in [0.25, 0.3) is 0 Å². The van der Waals surface area contributed by atoms with E-state index in [1.165, 1.54) is 28.8 Å². The molecular weight excluding hydrogens is 463 g/mol. The summed E-state index contributed by atoms with van der Waals surface area (Å²) in [5.74, 6) is -0.138. The Bertz CT molecular complexity index is 1280.